The highest BCUT2D eigenvalue weighted by atomic mass is 28.2. The zero-order valence-corrected chi connectivity index (χ0v) is 6.97. The van der Waals surface area contributed by atoms with Crippen LogP contribution in [0.15, 0.2) is 18.3 Å². The fourth-order valence-corrected chi connectivity index (χ4v) is 1.72. The number of nitrogens with one attached hydrogen (secondary N) is 1. The molecule has 3 heteroatoms. The minimum absolute atomic E-state index is 0.147. The summed E-state index contributed by atoms with van der Waals surface area (Å²) in [5, 5.41) is 1.37. The van der Waals surface area contributed by atoms with Gasteiger partial charge in [0.1, 0.15) is 9.52 Å². The van der Waals surface area contributed by atoms with Crippen LogP contribution < -0.4 is 5.32 Å². The Morgan fingerprint density at radius 3 is 3.22 bits per heavy atom. The van der Waals surface area contributed by atoms with Crippen LogP contribution in [0.2, 0.25) is 0 Å². The number of ether oxygens (including phenoxy) is 1. The monoisotopic (exact) mass is 141 g/mol. The standard InChI is InChI=1S/C6H11NOSi/c1-8-5-9-6-3-2-4-7-6/h2-4,7H,5,9H2,1H3. The van der Waals surface area contributed by atoms with Gasteiger partial charge >= 0.3 is 0 Å². The summed E-state index contributed by atoms with van der Waals surface area (Å²) in [4.78, 5) is 3.15. The first-order chi connectivity index (χ1) is 4.43. The minimum atomic E-state index is -0.147. The van der Waals surface area contributed by atoms with Gasteiger partial charge < -0.3 is 9.72 Å². The maximum absolute atomic E-state index is 4.96. The maximum atomic E-state index is 4.96. The van der Waals surface area contributed by atoms with E-state index in [0.29, 0.717) is 0 Å². The highest BCUT2D eigenvalue weighted by molar-refractivity contribution is 6.52. The molecular formula is C6H11NOSi. The molecule has 1 heterocycles. The number of rotatable bonds is 3. The van der Waals surface area contributed by atoms with Crippen LogP contribution in [-0.4, -0.2) is 27.8 Å². The highest BCUT2D eigenvalue weighted by Gasteiger charge is 1.90. The average Bonchev–Trinajstić information content (AvgIpc) is 2.34. The molecule has 0 saturated heterocycles. The van der Waals surface area contributed by atoms with E-state index in [2.05, 4.69) is 11.1 Å². The van der Waals surface area contributed by atoms with Crippen molar-refractivity contribution in [2.75, 3.05) is 13.3 Å². The molecule has 0 aliphatic rings. The second-order valence-corrected chi connectivity index (χ2v) is 3.61. The maximum Gasteiger partial charge on any atom is 0.105 e. The van der Waals surface area contributed by atoms with Crippen LogP contribution >= 0.6 is 0 Å². The van der Waals surface area contributed by atoms with Gasteiger partial charge in [-0.25, -0.2) is 0 Å². The molecule has 0 amide bonds. The van der Waals surface area contributed by atoms with Crippen molar-refractivity contribution in [3.8, 4) is 0 Å². The quantitative estimate of drug-likeness (QED) is 0.559. The van der Waals surface area contributed by atoms with Gasteiger partial charge in [0.2, 0.25) is 0 Å². The molecule has 0 fully saturated rings. The first-order valence-electron chi connectivity index (χ1n) is 3.04. The molecule has 0 spiro atoms. The van der Waals surface area contributed by atoms with Gasteiger partial charge in [-0.05, 0) is 17.4 Å². The molecule has 0 atom stereocenters. The van der Waals surface area contributed by atoms with Crippen molar-refractivity contribution in [1.29, 1.82) is 0 Å². The molecule has 2 nitrogen and oxygen atoms in total. The van der Waals surface area contributed by atoms with E-state index in [1.165, 1.54) is 5.32 Å². The van der Waals surface area contributed by atoms with E-state index in [1.807, 2.05) is 12.3 Å². The molecule has 1 aromatic rings. The van der Waals surface area contributed by atoms with E-state index in [1.54, 1.807) is 7.11 Å². The normalized spacial score (nSPS) is 11.2. The smallest absolute Gasteiger partial charge is 0.105 e. The Balaban J connectivity index is 2.30. The molecule has 0 aromatic carbocycles. The number of methoxy groups -OCH3 is 1. The van der Waals surface area contributed by atoms with Crippen LogP contribution in [-0.2, 0) is 4.74 Å². The van der Waals surface area contributed by atoms with Crippen LogP contribution in [0.25, 0.3) is 0 Å². The minimum Gasteiger partial charge on any atom is -0.388 e. The summed E-state index contributed by atoms with van der Waals surface area (Å²) in [6, 6.07) is 4.14. The molecule has 9 heavy (non-hydrogen) atoms. The van der Waals surface area contributed by atoms with Crippen molar-refractivity contribution in [3.05, 3.63) is 18.3 Å². The number of hydrogen-bond donors (Lipinski definition) is 1. The summed E-state index contributed by atoms with van der Waals surface area (Å²) in [5.41, 5.74) is 0. The predicted molar refractivity (Wildman–Crippen MR) is 40.8 cm³/mol. The lowest BCUT2D eigenvalue weighted by atomic mass is 10.7. The number of aromatic amines is 1. The fraction of sp³-hybridized carbons (Fsp3) is 0.333. The highest BCUT2D eigenvalue weighted by Crippen LogP contribution is 1.74. The third-order valence-corrected chi connectivity index (χ3v) is 2.83. The Kier molecular flexibility index (Phi) is 2.54. The summed E-state index contributed by atoms with van der Waals surface area (Å²) in [5.74, 6) is 0. The van der Waals surface area contributed by atoms with Crippen molar-refractivity contribution < 1.29 is 4.74 Å². The van der Waals surface area contributed by atoms with E-state index in [4.69, 9.17) is 4.74 Å². The van der Waals surface area contributed by atoms with E-state index < -0.39 is 0 Å². The summed E-state index contributed by atoms with van der Waals surface area (Å²) in [7, 11) is 1.60. The van der Waals surface area contributed by atoms with Crippen molar-refractivity contribution in [2.24, 2.45) is 0 Å². The van der Waals surface area contributed by atoms with Gasteiger partial charge in [0.15, 0.2) is 0 Å². The van der Waals surface area contributed by atoms with Gasteiger partial charge in [0.05, 0.1) is 0 Å². The van der Waals surface area contributed by atoms with E-state index in [9.17, 15) is 0 Å². The molecule has 1 N–H and O–H groups in total. The van der Waals surface area contributed by atoms with Gasteiger partial charge in [-0.15, -0.1) is 0 Å². The van der Waals surface area contributed by atoms with E-state index in [0.717, 1.165) is 6.23 Å². The fourth-order valence-electron chi connectivity index (χ4n) is 0.735. The van der Waals surface area contributed by atoms with Gasteiger partial charge in [-0.2, -0.15) is 0 Å². The second kappa shape index (κ2) is 3.48. The van der Waals surface area contributed by atoms with Crippen molar-refractivity contribution in [3.63, 3.8) is 0 Å². The van der Waals surface area contributed by atoms with Crippen molar-refractivity contribution in [2.45, 2.75) is 0 Å². The van der Waals surface area contributed by atoms with Crippen molar-refractivity contribution in [1.82, 2.24) is 4.98 Å². The molecule has 0 aliphatic heterocycles. The van der Waals surface area contributed by atoms with Gasteiger partial charge in [-0.1, -0.05) is 0 Å². The summed E-state index contributed by atoms with van der Waals surface area (Å²) >= 11 is 0. The average molecular weight is 141 g/mol. The van der Waals surface area contributed by atoms with Gasteiger partial charge in [0.25, 0.3) is 0 Å². The van der Waals surface area contributed by atoms with Crippen LogP contribution in [0, 0.1) is 0 Å². The van der Waals surface area contributed by atoms with Crippen LogP contribution in [0.1, 0.15) is 0 Å². The molecule has 50 valence electrons. The number of hydrogen-bond acceptors (Lipinski definition) is 1. The lowest BCUT2D eigenvalue weighted by molar-refractivity contribution is 0.252. The van der Waals surface area contributed by atoms with Crippen LogP contribution in [0.3, 0.4) is 0 Å². The summed E-state index contributed by atoms with van der Waals surface area (Å²) in [6.07, 6.45) is 2.89. The molecule has 0 saturated carbocycles. The largest absolute Gasteiger partial charge is 0.388 e. The summed E-state index contributed by atoms with van der Waals surface area (Å²) < 4.78 is 4.96. The molecule has 0 radical (unpaired) electrons. The molecule has 1 rings (SSSR count). The molecule has 0 bridgehead atoms. The van der Waals surface area contributed by atoms with Crippen molar-refractivity contribution >= 4 is 14.8 Å². The first kappa shape index (κ1) is 6.58. The number of H-pyrrole nitrogens is 1. The van der Waals surface area contributed by atoms with E-state index >= 15 is 0 Å². The summed E-state index contributed by atoms with van der Waals surface area (Å²) in [6.45, 7) is 0. The number of aromatic nitrogens is 1. The van der Waals surface area contributed by atoms with E-state index in [-0.39, 0.29) is 9.52 Å². The molecular weight excluding hydrogens is 130 g/mol. The molecule has 0 unspecified atom stereocenters. The topological polar surface area (TPSA) is 25.0 Å². The Morgan fingerprint density at radius 1 is 1.78 bits per heavy atom. The Labute approximate surface area is 57.1 Å². The third kappa shape index (κ3) is 2.03. The lowest BCUT2D eigenvalue weighted by Gasteiger charge is -1.92. The van der Waals surface area contributed by atoms with Gasteiger partial charge in [0, 0.05) is 19.5 Å². The third-order valence-electron chi connectivity index (χ3n) is 1.24. The van der Waals surface area contributed by atoms with Crippen LogP contribution in [0.5, 0.6) is 0 Å². The predicted octanol–water partition coefficient (Wildman–Crippen LogP) is -0.587. The zero-order valence-electron chi connectivity index (χ0n) is 5.55. The zero-order chi connectivity index (χ0) is 6.53. The van der Waals surface area contributed by atoms with Gasteiger partial charge in [-0.3, -0.25) is 0 Å². The SMILES string of the molecule is COC[SiH2]c1ccc[nH]1. The Bertz CT molecular complexity index is 150. The Morgan fingerprint density at radius 2 is 2.67 bits per heavy atom. The van der Waals surface area contributed by atoms with Crippen LogP contribution in [0.4, 0.5) is 0 Å². The molecule has 0 aliphatic carbocycles. The first-order valence-corrected chi connectivity index (χ1v) is 4.75. The second-order valence-electron chi connectivity index (χ2n) is 1.94. The Hall–Kier alpha value is -0.543. The molecule has 1 aromatic heterocycles. The lowest BCUT2D eigenvalue weighted by Crippen LogP contribution is -2.19.